The van der Waals surface area contributed by atoms with Crippen molar-refractivity contribution in [1.29, 1.82) is 0 Å². The van der Waals surface area contributed by atoms with E-state index in [4.69, 9.17) is 9.84 Å². The summed E-state index contributed by atoms with van der Waals surface area (Å²) in [4.78, 5) is 0. The van der Waals surface area contributed by atoms with E-state index in [1.165, 1.54) is 0 Å². The first-order valence-electron chi connectivity index (χ1n) is 2.14. The first kappa shape index (κ1) is 5.92. The Morgan fingerprint density at radius 1 is 1.67 bits per heavy atom. The van der Waals surface area contributed by atoms with Crippen LogP contribution in [0.2, 0.25) is 0 Å². The molecule has 0 heterocycles. The third kappa shape index (κ3) is 3.92. The Balaban J connectivity index is 2.34. The molecule has 2 N–H and O–H groups in total. The Morgan fingerprint density at radius 2 is 2.33 bits per heavy atom. The van der Waals surface area contributed by atoms with Crippen molar-refractivity contribution in [1.82, 2.24) is 0 Å². The summed E-state index contributed by atoms with van der Waals surface area (Å²) in [6.45, 7) is 3.62. The Hall–Kier alpha value is -0.0800. The third-order valence-corrected chi connectivity index (χ3v) is 0.451. The number of hydrogen-bond donors (Lipinski definition) is 0. The first-order valence-corrected chi connectivity index (χ1v) is 2.14. The predicted octanol–water partition coefficient (Wildman–Crippen LogP) is -0.252. The van der Waals surface area contributed by atoms with Gasteiger partial charge in [-0.2, -0.15) is 0 Å². The minimum Gasteiger partial charge on any atom is -0.444 e. The molecule has 0 aliphatic carbocycles. The van der Waals surface area contributed by atoms with Gasteiger partial charge in [0.15, 0.2) is 6.61 Å². The van der Waals surface area contributed by atoms with Crippen molar-refractivity contribution in [2.75, 3.05) is 19.8 Å². The molecule has 0 rings (SSSR count). The van der Waals surface area contributed by atoms with Gasteiger partial charge < -0.3 is 9.84 Å². The van der Waals surface area contributed by atoms with Crippen molar-refractivity contribution in [3.05, 3.63) is 0 Å². The monoisotopic (exact) mass is 91.1 g/mol. The Morgan fingerprint density at radius 3 is 2.50 bits per heavy atom. The minimum atomic E-state index is 0.383. The number of rotatable bonds is 3. The highest BCUT2D eigenvalue weighted by atomic mass is 16.5. The van der Waals surface area contributed by atoms with Crippen LogP contribution in [0.1, 0.15) is 6.92 Å². The molecule has 0 radical (unpaired) electrons. The molecular weight excluding hydrogens is 80.0 g/mol. The second kappa shape index (κ2) is 4.92. The van der Waals surface area contributed by atoms with Gasteiger partial charge in [-0.15, -0.1) is 0 Å². The van der Waals surface area contributed by atoms with Crippen LogP contribution in [0.4, 0.5) is 0 Å². The molecule has 0 aromatic heterocycles. The van der Waals surface area contributed by atoms with Crippen molar-refractivity contribution in [2.24, 2.45) is 0 Å². The molecule has 0 amide bonds. The molecule has 2 heteroatoms. The average Bonchev–Trinajstić information content (AvgIpc) is 1.61. The molecule has 0 saturated heterocycles. The largest absolute Gasteiger partial charge is 0.444 e. The van der Waals surface area contributed by atoms with E-state index in [2.05, 4.69) is 0 Å². The lowest BCUT2D eigenvalue weighted by Crippen LogP contribution is -1.96. The van der Waals surface area contributed by atoms with Crippen LogP contribution in [-0.4, -0.2) is 24.9 Å². The van der Waals surface area contributed by atoms with E-state index >= 15 is 0 Å². The van der Waals surface area contributed by atoms with Crippen LogP contribution < -0.4 is 0 Å². The van der Waals surface area contributed by atoms with Gasteiger partial charge in [-0.25, -0.2) is 0 Å². The maximum atomic E-state index is 6.58. The molecule has 0 saturated carbocycles. The van der Waals surface area contributed by atoms with Crippen LogP contribution in [0.5, 0.6) is 0 Å². The van der Waals surface area contributed by atoms with Gasteiger partial charge in [-0.1, -0.05) is 0 Å². The molecule has 0 aliphatic rings. The predicted molar refractivity (Wildman–Crippen MR) is 25.0 cm³/mol. The molecule has 38 valence electrons. The topological polar surface area (TPSA) is 32.1 Å². The maximum absolute atomic E-state index is 6.58. The van der Waals surface area contributed by atoms with E-state index in [9.17, 15) is 0 Å². The molecule has 0 aromatic rings. The Bertz CT molecular complexity index is 17.5. The number of ether oxygens (including phenoxy) is 1. The van der Waals surface area contributed by atoms with Gasteiger partial charge in [0, 0.05) is 6.61 Å². The fourth-order valence-corrected chi connectivity index (χ4v) is 0.217. The van der Waals surface area contributed by atoms with Gasteiger partial charge in [0.2, 0.25) is 0 Å². The molecule has 0 atom stereocenters. The summed E-state index contributed by atoms with van der Waals surface area (Å²) in [5.74, 6) is 0. The molecule has 0 bridgehead atoms. The lowest BCUT2D eigenvalue weighted by atomic mass is 10.8. The summed E-state index contributed by atoms with van der Waals surface area (Å²) >= 11 is 0. The van der Waals surface area contributed by atoms with Crippen LogP contribution in [0.15, 0.2) is 0 Å². The summed E-state index contributed by atoms with van der Waals surface area (Å²) in [5.41, 5.74) is 0. The van der Waals surface area contributed by atoms with Crippen LogP contribution in [0.25, 0.3) is 0 Å². The van der Waals surface area contributed by atoms with Crippen LogP contribution in [-0.2, 0) is 4.74 Å². The van der Waals surface area contributed by atoms with E-state index in [1.807, 2.05) is 6.92 Å². The highest BCUT2D eigenvalue weighted by molar-refractivity contribution is 4.18. The molecule has 0 spiro atoms. The van der Waals surface area contributed by atoms with Crippen LogP contribution in [0, 0.1) is 0 Å². The van der Waals surface area contributed by atoms with E-state index in [0.29, 0.717) is 13.2 Å². The zero-order valence-electron chi connectivity index (χ0n) is 4.03. The SMILES string of the molecule is CCOCC[OH2+]. The quantitative estimate of drug-likeness (QED) is 0.348. The standard InChI is InChI=1S/C4H10O2/c1-2-6-4-3-5/h5H,2-4H2,1H3/p+1. The smallest absolute Gasteiger partial charge is 0.167 e. The highest BCUT2D eigenvalue weighted by Crippen LogP contribution is 1.66. The first-order chi connectivity index (χ1) is 2.91. The molecule has 0 fully saturated rings. The van der Waals surface area contributed by atoms with Crippen molar-refractivity contribution in [2.45, 2.75) is 6.92 Å². The average molecular weight is 91.1 g/mol. The molecule has 6 heavy (non-hydrogen) atoms. The van der Waals surface area contributed by atoms with Crippen molar-refractivity contribution >= 4 is 0 Å². The minimum absolute atomic E-state index is 0.383. The molecule has 0 unspecified atom stereocenters. The molecule has 0 aliphatic heterocycles. The highest BCUT2D eigenvalue weighted by Gasteiger charge is 1.77. The van der Waals surface area contributed by atoms with E-state index in [-0.39, 0.29) is 0 Å². The van der Waals surface area contributed by atoms with Gasteiger partial charge in [0.1, 0.15) is 6.61 Å². The Kier molecular flexibility index (Phi) is 4.85. The summed E-state index contributed by atoms with van der Waals surface area (Å²) in [5, 5.41) is 6.58. The van der Waals surface area contributed by atoms with E-state index < -0.39 is 0 Å². The zero-order chi connectivity index (χ0) is 4.83. The fraction of sp³-hybridized carbons (Fsp3) is 1.00. The summed E-state index contributed by atoms with van der Waals surface area (Å²) < 4.78 is 4.80. The van der Waals surface area contributed by atoms with Crippen molar-refractivity contribution < 1.29 is 9.84 Å². The van der Waals surface area contributed by atoms with Gasteiger partial charge >= 0.3 is 0 Å². The van der Waals surface area contributed by atoms with Gasteiger partial charge in [-0.05, 0) is 6.92 Å². The van der Waals surface area contributed by atoms with Crippen LogP contribution >= 0.6 is 0 Å². The van der Waals surface area contributed by atoms with Crippen LogP contribution in [0.3, 0.4) is 0 Å². The molecular formula is C4H11O2+. The third-order valence-electron chi connectivity index (χ3n) is 0.451. The normalized spacial score (nSPS) is 9.00. The molecule has 2 nitrogen and oxygen atoms in total. The molecule has 0 aromatic carbocycles. The zero-order valence-corrected chi connectivity index (χ0v) is 4.03. The van der Waals surface area contributed by atoms with Crippen molar-refractivity contribution in [3.8, 4) is 0 Å². The Labute approximate surface area is 37.7 Å². The summed E-state index contributed by atoms with van der Waals surface area (Å²) in [7, 11) is 0. The van der Waals surface area contributed by atoms with Gasteiger partial charge in [0.25, 0.3) is 0 Å². The van der Waals surface area contributed by atoms with E-state index in [0.717, 1.165) is 6.61 Å². The maximum Gasteiger partial charge on any atom is 0.167 e. The van der Waals surface area contributed by atoms with Crippen molar-refractivity contribution in [3.63, 3.8) is 0 Å². The van der Waals surface area contributed by atoms with Gasteiger partial charge in [0.05, 0.1) is 0 Å². The second-order valence-electron chi connectivity index (χ2n) is 0.947. The second-order valence-corrected chi connectivity index (χ2v) is 0.947. The fourth-order valence-electron chi connectivity index (χ4n) is 0.217. The number of hydrogen-bond acceptors (Lipinski definition) is 1. The van der Waals surface area contributed by atoms with Gasteiger partial charge in [-0.3, -0.25) is 0 Å². The lowest BCUT2D eigenvalue weighted by molar-refractivity contribution is 0.102. The van der Waals surface area contributed by atoms with E-state index in [1.54, 1.807) is 0 Å². The summed E-state index contributed by atoms with van der Waals surface area (Å²) in [6.07, 6.45) is 0. The lowest BCUT2D eigenvalue weighted by Gasteiger charge is -1.88. The summed E-state index contributed by atoms with van der Waals surface area (Å²) in [6, 6.07) is 0.